The van der Waals surface area contributed by atoms with Crippen LogP contribution in [0.4, 0.5) is 26.3 Å². The molecule has 0 amide bonds. The van der Waals surface area contributed by atoms with Crippen LogP contribution in [0.15, 0.2) is 91.0 Å². The molecule has 19 heteroatoms. The van der Waals surface area contributed by atoms with Crippen LogP contribution in [-0.4, -0.2) is 29.8 Å². The van der Waals surface area contributed by atoms with Crippen molar-refractivity contribution < 1.29 is 26.3 Å². The fourth-order valence-electron chi connectivity index (χ4n) is 7.88. The molecule has 0 atom stereocenters. The normalized spacial score (nSPS) is 13.0. The quantitative estimate of drug-likeness (QED) is 0.0949. The monoisotopic (exact) mass is 1160 g/mol. The molecule has 7 aromatic rings. The highest BCUT2D eigenvalue weighted by molar-refractivity contribution is 14.1. The van der Waals surface area contributed by atoms with Crippen molar-refractivity contribution in [3.63, 3.8) is 0 Å². The lowest BCUT2D eigenvalue weighted by molar-refractivity contribution is -0.276. The van der Waals surface area contributed by atoms with Crippen LogP contribution in [0.25, 0.3) is 90.9 Å². The number of halogens is 15. The fraction of sp³-hybridized carbons (Fsp3) is 0.0638. The number of hydrogen-bond donors (Lipinski definition) is 2. The summed E-state index contributed by atoms with van der Waals surface area (Å²) in [6.07, 6.45) is 6.26. The molecule has 5 heterocycles. The van der Waals surface area contributed by atoms with E-state index in [1.165, 1.54) is 48.6 Å². The van der Waals surface area contributed by atoms with Crippen molar-refractivity contribution in [3.8, 4) is 44.5 Å². The van der Waals surface area contributed by atoms with Gasteiger partial charge in [-0.1, -0.05) is 117 Å². The molecular weight excluding hydrogens is 1150 g/mol. The Hall–Kier alpha value is -3.89. The van der Waals surface area contributed by atoms with Gasteiger partial charge in [-0.15, -0.1) is 0 Å². The van der Waals surface area contributed by atoms with E-state index >= 15 is 17.6 Å². The zero-order valence-corrected chi connectivity index (χ0v) is 40.7. The molecule has 4 aromatic carbocycles. The largest absolute Gasteiger partial charge is 0.385 e. The van der Waals surface area contributed by atoms with Crippen LogP contribution >= 0.6 is 115 Å². The van der Waals surface area contributed by atoms with Gasteiger partial charge < -0.3 is 9.97 Å². The average Bonchev–Trinajstić information content (AvgIpc) is 4.08. The highest BCUT2D eigenvalue weighted by atomic mass is 127. The number of alkyl halides is 7. The van der Waals surface area contributed by atoms with Crippen LogP contribution in [0.5, 0.6) is 0 Å². The van der Waals surface area contributed by atoms with E-state index in [1.54, 1.807) is 60.7 Å². The van der Waals surface area contributed by atoms with Gasteiger partial charge in [0.2, 0.25) is 0 Å². The number of fused-ring (bicyclic) bond motifs is 8. The Morgan fingerprint density at radius 3 is 1.14 bits per heavy atom. The molecule has 3 aromatic heterocycles. The molecule has 334 valence electrons. The Morgan fingerprint density at radius 1 is 0.394 bits per heavy atom. The number of aromatic amines is 2. The van der Waals surface area contributed by atoms with Crippen LogP contribution in [0.3, 0.4) is 0 Å². The van der Waals surface area contributed by atoms with E-state index in [-0.39, 0.29) is 124 Å². The first-order chi connectivity index (χ1) is 31.2. The number of nitrogens with one attached hydrogen (secondary N) is 2. The minimum Gasteiger partial charge on any atom is -0.354 e. The van der Waals surface area contributed by atoms with Crippen LogP contribution in [0.1, 0.15) is 28.3 Å². The first-order valence-electron chi connectivity index (χ1n) is 19.0. The van der Waals surface area contributed by atoms with Crippen molar-refractivity contribution in [2.24, 2.45) is 0 Å². The van der Waals surface area contributed by atoms with Crippen molar-refractivity contribution in [1.29, 1.82) is 0 Å². The summed E-state index contributed by atoms with van der Waals surface area (Å²) in [6, 6.07) is 22.2. The fourth-order valence-corrected chi connectivity index (χ4v) is 10.6. The zero-order chi connectivity index (χ0) is 47.2. The molecule has 2 aliphatic rings. The summed E-state index contributed by atoms with van der Waals surface area (Å²) in [6.45, 7) is 0. The summed E-state index contributed by atoms with van der Waals surface area (Å²) in [4.78, 5) is 16.1. The molecule has 0 radical (unpaired) electrons. The van der Waals surface area contributed by atoms with E-state index in [0.717, 1.165) is 0 Å². The van der Waals surface area contributed by atoms with Gasteiger partial charge in [0.05, 0.1) is 74.0 Å². The third kappa shape index (κ3) is 7.89. The molecule has 0 spiro atoms. The second kappa shape index (κ2) is 17.6. The molecule has 4 nitrogen and oxygen atoms in total. The Morgan fingerprint density at radius 2 is 0.727 bits per heavy atom. The summed E-state index contributed by atoms with van der Waals surface area (Å²) >= 11 is 54.9. The molecule has 8 bridgehead atoms. The number of rotatable bonds is 7. The van der Waals surface area contributed by atoms with Gasteiger partial charge in [-0.25, -0.2) is 9.97 Å². The maximum atomic E-state index is 17.0. The summed E-state index contributed by atoms with van der Waals surface area (Å²) in [7, 11) is 0. The van der Waals surface area contributed by atoms with E-state index in [4.69, 9.17) is 103 Å². The third-order valence-corrected chi connectivity index (χ3v) is 14.0. The molecule has 2 aliphatic heterocycles. The van der Waals surface area contributed by atoms with Gasteiger partial charge in [0.15, 0.2) is 0 Å². The van der Waals surface area contributed by atoms with Gasteiger partial charge in [-0.2, -0.15) is 26.3 Å². The van der Waals surface area contributed by atoms with E-state index in [9.17, 15) is 8.78 Å². The summed E-state index contributed by atoms with van der Waals surface area (Å²) < 4.78 is 90.2. The highest BCUT2D eigenvalue weighted by Crippen LogP contribution is 2.57. The lowest BCUT2D eigenvalue weighted by atomic mass is 9.96. The molecule has 0 saturated heterocycles. The maximum absolute atomic E-state index is 17.0. The maximum Gasteiger partial charge on any atom is 0.385 e. The molecule has 0 saturated carbocycles. The molecule has 2 N–H and O–H groups in total. The predicted octanol–water partition coefficient (Wildman–Crippen LogP) is 19.3. The number of H-pyrrole nitrogens is 2. The molecule has 0 unspecified atom stereocenters. The van der Waals surface area contributed by atoms with Crippen LogP contribution in [-0.2, 0) is 5.92 Å². The Kier molecular flexibility index (Phi) is 12.6. The minimum atomic E-state index is -6.00. The zero-order valence-electron chi connectivity index (χ0n) is 32.5. The number of hydrogen-bond acceptors (Lipinski definition) is 2. The standard InChI is InChI=1S/C47H21Cl8F6IN4/c48-21-5-1-6-22(49)36(21)40-29-13-14-30(63-29)41(37-23(50)7-2-8-24(37)51)32-17-18-34(65-32)43(39-27(54)11-4-12-28(39)55)44-20(45(56,57)46(58,59)47(60,61)62)19-35(66-44)42(33-16-15-31(40)64-33)38-25(52)9-3-10-26(38)53/h1-19,64,66H. The van der Waals surface area contributed by atoms with Gasteiger partial charge in [0.1, 0.15) is 0 Å². The lowest BCUT2D eigenvalue weighted by Gasteiger charge is -2.29. The third-order valence-electron chi connectivity index (χ3n) is 10.8. The van der Waals surface area contributed by atoms with Crippen LogP contribution in [0, 0.1) is 0 Å². The van der Waals surface area contributed by atoms with E-state index in [0.29, 0.717) is 28.4 Å². The molecular formula is C47H21Cl8F6IN4. The predicted molar refractivity (Wildman–Crippen MR) is 268 cm³/mol. The van der Waals surface area contributed by atoms with Crippen LogP contribution < -0.4 is 0 Å². The smallest absolute Gasteiger partial charge is 0.354 e. The number of benzene rings is 4. The molecule has 9 rings (SSSR count). The molecule has 0 aliphatic carbocycles. The van der Waals surface area contributed by atoms with Gasteiger partial charge >= 0.3 is 15.8 Å². The van der Waals surface area contributed by atoms with E-state index in [2.05, 4.69) is 9.97 Å². The van der Waals surface area contributed by atoms with Crippen molar-refractivity contribution in [1.82, 2.24) is 19.9 Å². The first-order valence-corrected chi connectivity index (χ1v) is 23.1. The van der Waals surface area contributed by atoms with Gasteiger partial charge in [0.25, 0.3) is 0 Å². The highest BCUT2D eigenvalue weighted by Gasteiger charge is 2.71. The second-order valence-electron chi connectivity index (χ2n) is 14.7. The number of nitrogens with zero attached hydrogens (tertiary/aromatic N) is 2. The lowest BCUT2D eigenvalue weighted by Crippen LogP contribution is -2.49. The Labute approximate surface area is 424 Å². The topological polar surface area (TPSA) is 57.4 Å². The molecule has 66 heavy (non-hydrogen) atoms. The van der Waals surface area contributed by atoms with Gasteiger partial charge in [-0.05, 0) is 91.0 Å². The average molecular weight is 1170 g/mol. The summed E-state index contributed by atoms with van der Waals surface area (Å²) in [5, 5.41) is 0.517. The molecule has 0 fully saturated rings. The van der Waals surface area contributed by atoms with E-state index in [1.807, 2.05) is 0 Å². The number of aromatic nitrogens is 4. The second-order valence-corrected chi connectivity index (χ2v) is 19.3. The van der Waals surface area contributed by atoms with Crippen molar-refractivity contribution in [2.75, 3.05) is 0 Å². The van der Waals surface area contributed by atoms with E-state index < -0.39 is 26.9 Å². The van der Waals surface area contributed by atoms with Gasteiger partial charge in [0, 0.05) is 83.6 Å². The summed E-state index contributed by atoms with van der Waals surface area (Å²) in [5.41, 5.74) is -1.13. The van der Waals surface area contributed by atoms with Gasteiger partial charge in [-0.3, -0.25) is 0 Å². The van der Waals surface area contributed by atoms with Crippen LogP contribution in [0.2, 0.25) is 40.2 Å². The van der Waals surface area contributed by atoms with Crippen molar-refractivity contribution in [3.05, 3.63) is 160 Å². The van der Waals surface area contributed by atoms with Crippen molar-refractivity contribution >= 4 is 162 Å². The SMILES string of the molecule is FC(F)(I)C(F)(F)C(F)(F)c1cc2[nH]c1c(-c1c(Cl)cccc1Cl)c1nc(c(-c3c(Cl)cccc3Cl)c3nc(c(-c4c(Cl)cccc4Cl)c4ccc([nH]4)c2-c2c(Cl)cccc2Cl)C=C3)C=C1. The minimum absolute atomic E-state index is 0.000622. The van der Waals surface area contributed by atoms with Crippen molar-refractivity contribution in [2.45, 2.75) is 15.8 Å². The first kappa shape index (κ1) is 47.2. The summed E-state index contributed by atoms with van der Waals surface area (Å²) in [5.74, 6) is -11.6. The Bertz CT molecular complexity index is 3360. The Balaban J connectivity index is 1.62.